The molecule has 0 radical (unpaired) electrons. The fourth-order valence-electron chi connectivity index (χ4n) is 5.10. The van der Waals surface area contributed by atoms with Crippen molar-refractivity contribution in [2.24, 2.45) is 13.5 Å². The highest BCUT2D eigenvalue weighted by molar-refractivity contribution is 7.97. The summed E-state index contributed by atoms with van der Waals surface area (Å²) >= 11 is 0. The molecule has 0 bridgehead atoms. The van der Waals surface area contributed by atoms with Crippen molar-refractivity contribution in [3.8, 4) is 0 Å². The molecule has 7 heteroatoms. The van der Waals surface area contributed by atoms with Crippen LogP contribution in [0.2, 0.25) is 0 Å². The van der Waals surface area contributed by atoms with Gasteiger partial charge < -0.3 is 0 Å². The van der Waals surface area contributed by atoms with Gasteiger partial charge in [-0.05, 0) is 6.66 Å². The molecule has 4 nitrogen and oxygen atoms in total. The van der Waals surface area contributed by atoms with Gasteiger partial charge in [0, 0.05) is 26.8 Å². The number of nitrogens with zero attached hydrogens (tertiary/aromatic N) is 3. The van der Waals surface area contributed by atoms with E-state index in [2.05, 4.69) is 104 Å². The Bertz CT molecular complexity index is 1640. The second kappa shape index (κ2) is 11.1. The SMILES string of the molecule is CP1(CC(=O)c2ccccc2)=NP(c2ccccc2)(c2ccccc2)=NP(c2ccccc2)(c2ccccc2)=N1. The highest BCUT2D eigenvalue weighted by atomic mass is 31.3. The Morgan fingerprint density at radius 2 is 0.800 bits per heavy atom. The molecule has 1 heterocycles. The normalized spacial score (nSPS) is 18.9. The molecule has 6 rings (SSSR count). The van der Waals surface area contributed by atoms with E-state index in [4.69, 9.17) is 13.5 Å². The quantitative estimate of drug-likeness (QED) is 0.142. The highest BCUT2D eigenvalue weighted by Gasteiger charge is 2.39. The third-order valence-electron chi connectivity index (χ3n) is 6.91. The van der Waals surface area contributed by atoms with E-state index < -0.39 is 21.6 Å². The third kappa shape index (κ3) is 5.04. The largest absolute Gasteiger partial charge is 0.294 e. The summed E-state index contributed by atoms with van der Waals surface area (Å²) in [6, 6.07) is 51.3. The zero-order valence-electron chi connectivity index (χ0n) is 22.2. The fraction of sp³-hybridized carbons (Fsp3) is 0.0606. The summed E-state index contributed by atoms with van der Waals surface area (Å²) < 4.78 is 17.3. The van der Waals surface area contributed by atoms with E-state index in [9.17, 15) is 4.79 Å². The van der Waals surface area contributed by atoms with Gasteiger partial charge in [-0.1, -0.05) is 152 Å². The first-order chi connectivity index (χ1) is 19.5. The number of carbonyl (C=O) groups excluding carboxylic acids is 1. The molecule has 0 spiro atoms. The minimum Gasteiger partial charge on any atom is -0.294 e. The number of benzene rings is 5. The Kier molecular flexibility index (Phi) is 7.43. The first-order valence-corrected chi connectivity index (χ1v) is 18.9. The summed E-state index contributed by atoms with van der Waals surface area (Å²) in [6.07, 6.45) is 0.273. The molecule has 198 valence electrons. The molecule has 0 amide bonds. The third-order valence-corrected chi connectivity index (χ3v) is 19.1. The van der Waals surface area contributed by atoms with E-state index in [1.807, 2.05) is 54.6 Å². The van der Waals surface area contributed by atoms with E-state index in [1.54, 1.807) is 0 Å². The van der Waals surface area contributed by atoms with Gasteiger partial charge in [-0.3, -0.25) is 4.79 Å². The maximum absolute atomic E-state index is 13.8. The number of ketones is 1. The van der Waals surface area contributed by atoms with Gasteiger partial charge in [0.05, 0.1) is 13.4 Å². The van der Waals surface area contributed by atoms with Crippen LogP contribution in [-0.2, 0) is 0 Å². The van der Waals surface area contributed by atoms with Crippen molar-refractivity contribution >= 4 is 48.6 Å². The average Bonchev–Trinajstić information content (AvgIpc) is 3.02. The molecule has 0 saturated heterocycles. The van der Waals surface area contributed by atoms with Gasteiger partial charge in [-0.2, -0.15) is 0 Å². The summed E-state index contributed by atoms with van der Waals surface area (Å²) in [5.74, 6) is 0.0734. The average molecular weight is 578 g/mol. The number of carbonyl (C=O) groups is 1. The summed E-state index contributed by atoms with van der Waals surface area (Å²) in [5.41, 5.74) is 0.698. The number of Topliss-reactive ketones (excluding diaryl/α,β-unsaturated/α-hetero) is 1. The molecule has 1 aliphatic rings. The Hall–Kier alpha value is -3.54. The van der Waals surface area contributed by atoms with E-state index >= 15 is 0 Å². The fourth-order valence-corrected chi connectivity index (χ4v) is 19.9. The van der Waals surface area contributed by atoms with Crippen molar-refractivity contribution in [2.75, 3.05) is 12.8 Å². The molecule has 5 aromatic rings. The van der Waals surface area contributed by atoms with Gasteiger partial charge in [-0.25, -0.2) is 13.5 Å². The van der Waals surface area contributed by atoms with Gasteiger partial charge in [0.1, 0.15) is 14.4 Å². The molecule has 0 fully saturated rings. The molecule has 1 aliphatic heterocycles. The summed E-state index contributed by atoms with van der Waals surface area (Å²) in [5, 5.41) is 4.35. The Balaban J connectivity index is 1.76. The van der Waals surface area contributed by atoms with Gasteiger partial charge in [0.2, 0.25) is 0 Å². The van der Waals surface area contributed by atoms with Crippen LogP contribution in [0.15, 0.2) is 165 Å². The standard InChI is InChI=1S/C33H30N3OP3/c1-38(27-33(37)28-17-7-2-8-18-28)34-39(29-19-9-3-10-20-29,30-21-11-4-12-22-30)36-40(35-38,31-23-13-5-14-24-31)32-25-15-6-16-26-32/h2-26H,27H2,1H3. The van der Waals surface area contributed by atoms with Crippen LogP contribution in [0.3, 0.4) is 0 Å². The lowest BCUT2D eigenvalue weighted by Gasteiger charge is -2.36. The van der Waals surface area contributed by atoms with Crippen molar-refractivity contribution in [3.05, 3.63) is 157 Å². The zero-order valence-corrected chi connectivity index (χ0v) is 24.9. The maximum Gasteiger partial charge on any atom is 0.170 e. The molecule has 0 aliphatic carbocycles. The second-order valence-corrected chi connectivity index (χ2v) is 19.0. The molecular formula is C33H30N3OP3. The minimum absolute atomic E-state index is 0.0734. The van der Waals surface area contributed by atoms with Crippen LogP contribution >= 0.6 is 21.6 Å². The molecular weight excluding hydrogens is 547 g/mol. The first-order valence-electron chi connectivity index (χ1n) is 13.2. The predicted octanol–water partition coefficient (Wildman–Crippen LogP) is 8.16. The monoisotopic (exact) mass is 577 g/mol. The lowest BCUT2D eigenvalue weighted by atomic mass is 10.2. The smallest absolute Gasteiger partial charge is 0.170 e. The number of rotatable bonds is 7. The Morgan fingerprint density at radius 3 is 1.18 bits per heavy atom. The zero-order chi connectivity index (χ0) is 27.5. The van der Waals surface area contributed by atoms with Gasteiger partial charge in [-0.15, -0.1) is 0 Å². The van der Waals surface area contributed by atoms with Gasteiger partial charge in [0.15, 0.2) is 5.78 Å². The summed E-state index contributed by atoms with van der Waals surface area (Å²) in [7, 11) is -8.01. The molecule has 1 unspecified atom stereocenters. The van der Waals surface area contributed by atoms with Crippen LogP contribution in [-0.4, -0.2) is 18.6 Å². The van der Waals surface area contributed by atoms with Crippen molar-refractivity contribution in [2.45, 2.75) is 0 Å². The van der Waals surface area contributed by atoms with Crippen molar-refractivity contribution < 1.29 is 4.79 Å². The Labute approximate surface area is 236 Å². The minimum atomic E-state index is -2.71. The van der Waals surface area contributed by atoms with Gasteiger partial charge >= 0.3 is 0 Å². The molecule has 0 N–H and O–H groups in total. The van der Waals surface area contributed by atoms with Crippen LogP contribution in [0, 0.1) is 0 Å². The maximum atomic E-state index is 13.8. The molecule has 40 heavy (non-hydrogen) atoms. The van der Waals surface area contributed by atoms with Crippen LogP contribution in [0.1, 0.15) is 10.4 Å². The Morgan fingerprint density at radius 1 is 0.475 bits per heavy atom. The summed E-state index contributed by atoms with van der Waals surface area (Å²) in [4.78, 5) is 13.8. The highest BCUT2D eigenvalue weighted by Crippen LogP contribution is 2.75. The van der Waals surface area contributed by atoms with Crippen LogP contribution in [0.25, 0.3) is 0 Å². The van der Waals surface area contributed by atoms with Crippen LogP contribution < -0.4 is 21.2 Å². The molecule has 0 aromatic heterocycles. The van der Waals surface area contributed by atoms with Crippen molar-refractivity contribution in [1.82, 2.24) is 0 Å². The molecule has 1 atom stereocenters. The first kappa shape index (κ1) is 26.7. The lowest BCUT2D eigenvalue weighted by Crippen LogP contribution is -2.21. The number of hydrogen-bond donors (Lipinski definition) is 0. The van der Waals surface area contributed by atoms with Gasteiger partial charge in [0.25, 0.3) is 0 Å². The van der Waals surface area contributed by atoms with Crippen LogP contribution in [0.5, 0.6) is 0 Å². The van der Waals surface area contributed by atoms with Crippen molar-refractivity contribution in [1.29, 1.82) is 0 Å². The second-order valence-electron chi connectivity index (χ2n) is 9.85. The van der Waals surface area contributed by atoms with Crippen LogP contribution in [0.4, 0.5) is 0 Å². The van der Waals surface area contributed by atoms with E-state index in [0.29, 0.717) is 5.56 Å². The molecule has 5 aromatic carbocycles. The topological polar surface area (TPSA) is 54.1 Å². The molecule has 0 saturated carbocycles. The lowest BCUT2D eigenvalue weighted by molar-refractivity contribution is 0.102. The van der Waals surface area contributed by atoms with E-state index in [-0.39, 0.29) is 11.9 Å². The number of hydrogen-bond acceptors (Lipinski definition) is 4. The van der Waals surface area contributed by atoms with E-state index in [0.717, 1.165) is 21.2 Å². The van der Waals surface area contributed by atoms with E-state index in [1.165, 1.54) is 0 Å². The predicted molar refractivity (Wildman–Crippen MR) is 174 cm³/mol. The van der Waals surface area contributed by atoms with Crippen molar-refractivity contribution in [3.63, 3.8) is 0 Å². The summed E-state index contributed by atoms with van der Waals surface area (Å²) in [6.45, 7) is 2.13.